The van der Waals surface area contributed by atoms with Crippen LogP contribution in [-0.2, 0) is 15.3 Å². The van der Waals surface area contributed by atoms with Crippen molar-refractivity contribution in [2.45, 2.75) is 18.2 Å². The van der Waals surface area contributed by atoms with E-state index in [9.17, 15) is 9.59 Å². The fourth-order valence-electron chi connectivity index (χ4n) is 1.46. The number of aliphatic carboxylic acids is 1. The van der Waals surface area contributed by atoms with E-state index in [2.05, 4.69) is 10.3 Å². The number of thioether (sulfide) groups is 1. The Kier molecular flexibility index (Phi) is 6.73. The van der Waals surface area contributed by atoms with Crippen molar-refractivity contribution in [1.82, 2.24) is 10.3 Å². The Morgan fingerprint density at radius 3 is 3.11 bits per heavy atom. The lowest BCUT2D eigenvalue weighted by atomic mass is 10.2. The number of carboxylic acids is 1. The molecule has 1 unspecified atom stereocenters. The molecular weight excluding hydrogens is 268 g/mol. The number of hydrogen-bond acceptors (Lipinski definition) is 5. The van der Waals surface area contributed by atoms with Crippen molar-refractivity contribution >= 4 is 24.1 Å². The van der Waals surface area contributed by atoms with Gasteiger partial charge in [-0.15, -0.1) is 0 Å². The number of nitrogens with zero attached hydrogens (tertiary/aromatic N) is 1. The van der Waals surface area contributed by atoms with E-state index < -0.39 is 12.0 Å². The summed E-state index contributed by atoms with van der Waals surface area (Å²) in [6, 6.07) is 2.91. The van der Waals surface area contributed by atoms with Crippen LogP contribution >= 0.6 is 11.8 Å². The van der Waals surface area contributed by atoms with E-state index >= 15 is 0 Å². The molecule has 1 atom stereocenters. The third-order valence-electron chi connectivity index (χ3n) is 2.42. The maximum atomic E-state index is 10.8. The number of rotatable bonds is 9. The van der Waals surface area contributed by atoms with Crippen LogP contribution in [0.3, 0.4) is 0 Å². The molecule has 0 spiro atoms. The molecule has 1 amide bonds. The second-order valence-corrected chi connectivity index (χ2v) is 4.79. The molecule has 0 radical (unpaired) electrons. The van der Waals surface area contributed by atoms with Gasteiger partial charge in [0, 0.05) is 17.5 Å². The summed E-state index contributed by atoms with van der Waals surface area (Å²) in [5, 5.41) is 11.1. The van der Waals surface area contributed by atoms with E-state index in [0.717, 1.165) is 5.56 Å². The lowest BCUT2D eigenvalue weighted by molar-refractivity contribution is -0.140. The molecular formula is C12H16N2O4S. The number of pyridine rings is 1. The molecule has 6 nitrogen and oxygen atoms in total. The highest BCUT2D eigenvalue weighted by Crippen LogP contribution is 2.20. The van der Waals surface area contributed by atoms with Crippen molar-refractivity contribution < 1.29 is 19.4 Å². The number of aromatic nitrogens is 1. The lowest BCUT2D eigenvalue weighted by Gasteiger charge is -2.11. The first-order valence-corrected chi connectivity index (χ1v) is 6.82. The quantitative estimate of drug-likeness (QED) is 0.517. The topological polar surface area (TPSA) is 88.5 Å². The molecule has 0 saturated heterocycles. The third kappa shape index (κ3) is 5.17. The zero-order chi connectivity index (χ0) is 14.1. The van der Waals surface area contributed by atoms with Crippen LogP contribution in [0.4, 0.5) is 0 Å². The highest BCUT2D eigenvalue weighted by molar-refractivity contribution is 7.98. The number of hydrogen-bond donors (Lipinski definition) is 2. The first kappa shape index (κ1) is 15.3. The Bertz CT molecular complexity index is 428. The van der Waals surface area contributed by atoms with Crippen LogP contribution < -0.4 is 10.1 Å². The van der Waals surface area contributed by atoms with Gasteiger partial charge in [0.05, 0.1) is 7.11 Å². The van der Waals surface area contributed by atoms with Gasteiger partial charge in [0.1, 0.15) is 6.04 Å². The second kappa shape index (κ2) is 8.36. The van der Waals surface area contributed by atoms with Gasteiger partial charge >= 0.3 is 5.97 Å². The van der Waals surface area contributed by atoms with Crippen molar-refractivity contribution in [3.8, 4) is 5.88 Å². The largest absolute Gasteiger partial charge is 0.481 e. The molecule has 0 aromatic carbocycles. The van der Waals surface area contributed by atoms with Gasteiger partial charge in [-0.2, -0.15) is 11.8 Å². The highest BCUT2D eigenvalue weighted by atomic mass is 32.2. The Labute approximate surface area is 115 Å². The van der Waals surface area contributed by atoms with Crippen molar-refractivity contribution in [3.05, 3.63) is 23.9 Å². The lowest BCUT2D eigenvalue weighted by Crippen LogP contribution is -2.36. The minimum Gasteiger partial charge on any atom is -0.481 e. The van der Waals surface area contributed by atoms with Crippen molar-refractivity contribution in [1.29, 1.82) is 0 Å². The van der Waals surface area contributed by atoms with Crippen molar-refractivity contribution in [3.63, 3.8) is 0 Å². The zero-order valence-corrected chi connectivity index (χ0v) is 11.4. The Hall–Kier alpha value is -1.76. The van der Waals surface area contributed by atoms with Gasteiger partial charge in [-0.3, -0.25) is 4.79 Å². The number of ether oxygens (including phenoxy) is 1. The summed E-state index contributed by atoms with van der Waals surface area (Å²) >= 11 is 1.57. The van der Waals surface area contributed by atoms with E-state index in [1.54, 1.807) is 25.1 Å². The van der Waals surface area contributed by atoms with E-state index in [1.807, 2.05) is 12.1 Å². The molecule has 19 heavy (non-hydrogen) atoms. The zero-order valence-electron chi connectivity index (χ0n) is 10.5. The summed E-state index contributed by atoms with van der Waals surface area (Å²) in [7, 11) is 1.56. The number of carboxylic acid groups (broad SMARTS) is 1. The number of nitrogens with one attached hydrogen (secondary N) is 1. The van der Waals surface area contributed by atoms with Crippen molar-refractivity contribution in [2.75, 3.05) is 12.9 Å². The SMILES string of the molecule is COc1ncccc1CSCCC(NC=O)C(=O)O. The minimum atomic E-state index is -1.02. The number of carbonyl (C=O) groups excluding carboxylic acids is 1. The minimum absolute atomic E-state index is 0.376. The molecule has 0 saturated carbocycles. The number of amides is 1. The molecule has 0 aliphatic heterocycles. The van der Waals surface area contributed by atoms with Crippen LogP contribution in [0, 0.1) is 0 Å². The molecule has 7 heteroatoms. The van der Waals surface area contributed by atoms with Gasteiger partial charge < -0.3 is 15.2 Å². The molecule has 2 N–H and O–H groups in total. The molecule has 1 heterocycles. The Morgan fingerprint density at radius 1 is 1.68 bits per heavy atom. The summed E-state index contributed by atoms with van der Waals surface area (Å²) in [6.07, 6.45) is 2.44. The van der Waals surface area contributed by atoms with Gasteiger partial charge in [-0.05, 0) is 18.2 Å². The van der Waals surface area contributed by atoms with Crippen molar-refractivity contribution in [2.24, 2.45) is 0 Å². The smallest absolute Gasteiger partial charge is 0.326 e. The van der Waals surface area contributed by atoms with E-state index in [1.165, 1.54) is 0 Å². The number of carbonyl (C=O) groups is 2. The molecule has 1 aromatic rings. The monoisotopic (exact) mass is 284 g/mol. The first-order chi connectivity index (χ1) is 9.19. The molecule has 0 bridgehead atoms. The van der Waals surface area contributed by atoms with Gasteiger partial charge in [0.2, 0.25) is 12.3 Å². The molecule has 1 rings (SSSR count). The molecule has 1 aromatic heterocycles. The molecule has 0 aliphatic rings. The Morgan fingerprint density at radius 2 is 2.47 bits per heavy atom. The maximum absolute atomic E-state index is 10.8. The van der Waals surface area contributed by atoms with Crippen LogP contribution in [0.25, 0.3) is 0 Å². The predicted octanol–water partition coefficient (Wildman–Crippen LogP) is 0.913. The Balaban J connectivity index is 2.37. The van der Waals surface area contributed by atoms with Crippen LogP contribution in [-0.4, -0.2) is 41.4 Å². The maximum Gasteiger partial charge on any atom is 0.326 e. The third-order valence-corrected chi connectivity index (χ3v) is 3.46. The standard InChI is InChI=1S/C12H16N2O4S/c1-18-11-9(3-2-5-13-11)7-19-6-4-10(12(16)17)14-8-15/h2-3,5,8,10H,4,6-7H2,1H3,(H,14,15)(H,16,17). The fraction of sp³-hybridized carbons (Fsp3) is 0.417. The normalized spacial score (nSPS) is 11.6. The van der Waals surface area contributed by atoms with E-state index in [-0.39, 0.29) is 0 Å². The average Bonchev–Trinajstić information content (AvgIpc) is 2.42. The summed E-state index contributed by atoms with van der Waals surface area (Å²) < 4.78 is 5.12. The van der Waals surface area contributed by atoms with Crippen LogP contribution in [0.1, 0.15) is 12.0 Å². The summed E-state index contributed by atoms with van der Waals surface area (Å²) in [4.78, 5) is 25.1. The fourth-order valence-corrected chi connectivity index (χ4v) is 2.45. The molecule has 0 fully saturated rings. The van der Waals surface area contributed by atoms with Crippen LogP contribution in [0.2, 0.25) is 0 Å². The van der Waals surface area contributed by atoms with Crippen LogP contribution in [0.15, 0.2) is 18.3 Å². The summed E-state index contributed by atoms with van der Waals surface area (Å²) in [6.45, 7) is 0. The van der Waals surface area contributed by atoms with E-state index in [4.69, 9.17) is 9.84 Å². The summed E-state index contributed by atoms with van der Waals surface area (Å²) in [5.41, 5.74) is 0.963. The first-order valence-electron chi connectivity index (χ1n) is 5.67. The van der Waals surface area contributed by atoms with Gasteiger partial charge in [-0.1, -0.05) is 6.07 Å². The number of methoxy groups -OCH3 is 1. The molecule has 104 valence electrons. The average molecular weight is 284 g/mol. The summed E-state index contributed by atoms with van der Waals surface area (Å²) in [5.74, 6) is 0.864. The van der Waals surface area contributed by atoms with Crippen LogP contribution in [0.5, 0.6) is 5.88 Å². The predicted molar refractivity (Wildman–Crippen MR) is 72.2 cm³/mol. The molecule has 0 aliphatic carbocycles. The van der Waals surface area contributed by atoms with Gasteiger partial charge in [0.15, 0.2) is 0 Å². The van der Waals surface area contributed by atoms with Gasteiger partial charge in [0.25, 0.3) is 0 Å². The van der Waals surface area contributed by atoms with Gasteiger partial charge in [-0.25, -0.2) is 9.78 Å². The van der Waals surface area contributed by atoms with E-state index in [0.29, 0.717) is 30.2 Å². The highest BCUT2D eigenvalue weighted by Gasteiger charge is 2.15. The second-order valence-electron chi connectivity index (χ2n) is 3.69.